The number of esters is 2. The van der Waals surface area contributed by atoms with Gasteiger partial charge in [-0.15, -0.1) is 0 Å². The Labute approximate surface area is 423 Å². The van der Waals surface area contributed by atoms with Gasteiger partial charge in [0.2, 0.25) is 0 Å². The van der Waals surface area contributed by atoms with Gasteiger partial charge in [-0.2, -0.15) is 0 Å². The average Bonchev–Trinajstić information content (AvgIpc) is 3.40. The maximum atomic E-state index is 12.5. The van der Waals surface area contributed by atoms with E-state index < -0.39 is 36.5 Å². The maximum absolute atomic E-state index is 12.5. The van der Waals surface area contributed by atoms with E-state index in [9.17, 15) is 19.8 Å². The molecular weight excluding hydrogens is 841 g/mol. The van der Waals surface area contributed by atoms with Gasteiger partial charge in [-0.3, -0.25) is 9.59 Å². The van der Waals surface area contributed by atoms with Crippen molar-refractivity contribution in [1.29, 1.82) is 0 Å². The number of carbonyl (C=O) groups excluding carboxylic acids is 2. The maximum Gasteiger partial charge on any atom is 0.309 e. The van der Waals surface area contributed by atoms with Gasteiger partial charge >= 0.3 is 11.9 Å². The molecule has 6 heteroatoms. The Kier molecular flexibility index (Phi) is 49.4. The highest BCUT2D eigenvalue weighted by atomic mass is 16.6. The van der Waals surface area contributed by atoms with Crippen molar-refractivity contribution in [3.63, 3.8) is 0 Å². The van der Waals surface area contributed by atoms with Crippen LogP contribution in [-0.2, 0) is 19.1 Å². The van der Waals surface area contributed by atoms with Crippen molar-refractivity contribution < 1.29 is 29.3 Å². The molecule has 0 aliphatic carbocycles. The normalized spacial score (nSPS) is 15.4. The molecule has 1 aliphatic heterocycles. The number of hydrogen-bond acceptors (Lipinski definition) is 6. The lowest BCUT2D eigenvalue weighted by atomic mass is 9.92. The third kappa shape index (κ3) is 43.4. The van der Waals surface area contributed by atoms with Gasteiger partial charge in [0.25, 0.3) is 0 Å². The molecule has 0 aromatic rings. The van der Waals surface area contributed by atoms with E-state index in [4.69, 9.17) is 9.47 Å². The lowest BCUT2D eigenvalue weighted by molar-refractivity contribution is -0.155. The Balaban J connectivity index is 1.69. The molecule has 68 heavy (non-hydrogen) atoms. The summed E-state index contributed by atoms with van der Waals surface area (Å²) in [6.07, 6.45) is 74.2. The van der Waals surface area contributed by atoms with E-state index >= 15 is 0 Å². The van der Waals surface area contributed by atoms with Gasteiger partial charge in [0.05, 0.1) is 31.0 Å². The molecule has 1 fully saturated rings. The topological polar surface area (TPSA) is 93.1 Å². The SMILES string of the molecule is CCCCCCCCCCCCCCCCCCC/C=C/CCCCCCCCCCCCCCCCCCCCCCCCCCCCCCCCC1CC(=O)OCC(CO)(CO)COC1=O. The zero-order valence-corrected chi connectivity index (χ0v) is 45.7. The molecule has 1 heterocycles. The van der Waals surface area contributed by atoms with E-state index in [-0.39, 0.29) is 19.6 Å². The second-order valence-electron chi connectivity index (χ2n) is 22.1. The van der Waals surface area contributed by atoms with E-state index in [1.54, 1.807) is 0 Å². The Hall–Kier alpha value is -1.40. The van der Waals surface area contributed by atoms with Crippen LogP contribution < -0.4 is 0 Å². The summed E-state index contributed by atoms with van der Waals surface area (Å²) >= 11 is 0. The first-order valence-corrected chi connectivity index (χ1v) is 30.8. The predicted molar refractivity (Wildman–Crippen MR) is 292 cm³/mol. The molecule has 1 saturated heterocycles. The standard InChI is InChI=1S/C62H118O6/c1-2-3-4-5-6-7-8-9-10-11-12-13-14-15-16-17-18-19-20-21-22-23-24-25-26-27-28-29-30-31-32-33-34-35-36-37-38-39-40-41-42-43-44-45-46-47-48-49-50-51-52-53-59-54-60(65)67-57-62(55-63,56-64)58-68-61(59)66/h20-21,59,63-64H,2-19,22-58H2,1H3/b21-20+. The largest absolute Gasteiger partial charge is 0.465 e. The summed E-state index contributed by atoms with van der Waals surface area (Å²) in [5, 5.41) is 19.2. The second-order valence-corrected chi connectivity index (χ2v) is 22.1. The van der Waals surface area contributed by atoms with E-state index in [1.165, 1.54) is 295 Å². The van der Waals surface area contributed by atoms with Crippen LogP contribution in [0.15, 0.2) is 12.2 Å². The van der Waals surface area contributed by atoms with E-state index in [0.717, 1.165) is 19.3 Å². The van der Waals surface area contributed by atoms with Gasteiger partial charge in [0.1, 0.15) is 13.2 Å². The number of hydrogen-bond donors (Lipinski definition) is 2. The van der Waals surface area contributed by atoms with Gasteiger partial charge in [-0.1, -0.05) is 308 Å². The lowest BCUT2D eigenvalue weighted by Crippen LogP contribution is -2.40. The van der Waals surface area contributed by atoms with Gasteiger partial charge in [-0.25, -0.2) is 0 Å². The molecule has 0 bridgehead atoms. The molecule has 0 amide bonds. The molecule has 402 valence electrons. The molecule has 6 nitrogen and oxygen atoms in total. The number of unbranched alkanes of at least 4 members (excludes halogenated alkanes) is 47. The van der Waals surface area contributed by atoms with Gasteiger partial charge < -0.3 is 19.7 Å². The van der Waals surface area contributed by atoms with Crippen LogP contribution in [0.1, 0.15) is 334 Å². The predicted octanol–water partition coefficient (Wildman–Crippen LogP) is 19.1. The zero-order valence-electron chi connectivity index (χ0n) is 45.7. The quantitative estimate of drug-likeness (QED) is 0.0358. The number of rotatable bonds is 53. The molecule has 1 atom stereocenters. The minimum absolute atomic E-state index is 0.00477. The van der Waals surface area contributed by atoms with E-state index in [1.807, 2.05) is 0 Å². The minimum Gasteiger partial charge on any atom is -0.465 e. The highest BCUT2D eigenvalue weighted by molar-refractivity contribution is 5.80. The van der Waals surface area contributed by atoms with Crippen LogP contribution in [0.2, 0.25) is 0 Å². The van der Waals surface area contributed by atoms with Crippen LogP contribution in [0.25, 0.3) is 0 Å². The van der Waals surface area contributed by atoms with E-state index in [2.05, 4.69) is 19.1 Å². The average molecular weight is 960 g/mol. The van der Waals surface area contributed by atoms with Gasteiger partial charge in [-0.05, 0) is 32.1 Å². The fraction of sp³-hybridized carbons (Fsp3) is 0.935. The first kappa shape index (κ1) is 64.6. The highest BCUT2D eigenvalue weighted by Crippen LogP contribution is 2.25. The monoisotopic (exact) mass is 959 g/mol. The number of allylic oxidation sites excluding steroid dienone is 2. The second kappa shape index (κ2) is 51.9. The molecule has 2 N–H and O–H groups in total. The first-order valence-electron chi connectivity index (χ1n) is 30.8. The van der Waals surface area contributed by atoms with Crippen molar-refractivity contribution in [3.8, 4) is 0 Å². The summed E-state index contributed by atoms with van der Waals surface area (Å²) in [6, 6.07) is 0. The number of aliphatic hydroxyl groups is 2. The van der Waals surface area contributed by atoms with Gasteiger partial charge in [0.15, 0.2) is 0 Å². The summed E-state index contributed by atoms with van der Waals surface area (Å²) in [7, 11) is 0. The molecule has 0 aromatic carbocycles. The van der Waals surface area contributed by atoms with Gasteiger partial charge in [0, 0.05) is 0 Å². The lowest BCUT2D eigenvalue weighted by Gasteiger charge is -2.27. The Morgan fingerprint density at radius 2 is 0.632 bits per heavy atom. The fourth-order valence-corrected chi connectivity index (χ4v) is 10.2. The molecule has 1 aliphatic rings. The van der Waals surface area contributed by atoms with E-state index in [0.29, 0.717) is 6.42 Å². The molecule has 1 unspecified atom stereocenters. The summed E-state index contributed by atoms with van der Waals surface area (Å²) in [5.41, 5.74) is -1.12. The number of aliphatic hydroxyl groups excluding tert-OH is 2. The Bertz CT molecular complexity index is 1070. The van der Waals surface area contributed by atoms with Crippen LogP contribution >= 0.6 is 0 Å². The smallest absolute Gasteiger partial charge is 0.309 e. The Morgan fingerprint density at radius 3 is 0.912 bits per heavy atom. The number of ether oxygens (including phenoxy) is 2. The molecule has 1 rings (SSSR count). The minimum atomic E-state index is -1.12. The summed E-state index contributed by atoms with van der Waals surface area (Å²) in [4.78, 5) is 24.7. The number of cyclic esters (lactones) is 2. The highest BCUT2D eigenvalue weighted by Gasteiger charge is 2.36. The van der Waals surface area contributed by atoms with Crippen molar-refractivity contribution in [2.45, 2.75) is 334 Å². The van der Waals surface area contributed by atoms with Crippen molar-refractivity contribution in [2.75, 3.05) is 26.4 Å². The number of carbonyl (C=O) groups is 2. The molecular formula is C62H118O6. The summed E-state index contributed by atoms with van der Waals surface area (Å²) in [6.45, 7) is 1.21. The first-order chi connectivity index (χ1) is 33.6. The van der Waals surface area contributed by atoms with Crippen LogP contribution in [0.3, 0.4) is 0 Å². The molecule has 0 radical (unpaired) electrons. The van der Waals surface area contributed by atoms with Crippen molar-refractivity contribution >= 4 is 11.9 Å². The molecule has 0 spiro atoms. The molecule has 0 aromatic heterocycles. The summed E-state index contributed by atoms with van der Waals surface area (Å²) in [5.74, 6) is -1.40. The zero-order chi connectivity index (χ0) is 49.0. The Morgan fingerprint density at radius 1 is 0.382 bits per heavy atom. The van der Waals surface area contributed by atoms with Crippen molar-refractivity contribution in [3.05, 3.63) is 12.2 Å². The fourth-order valence-electron chi connectivity index (χ4n) is 10.2. The van der Waals surface area contributed by atoms with Crippen LogP contribution in [0.4, 0.5) is 0 Å². The third-order valence-corrected chi connectivity index (χ3v) is 15.3. The van der Waals surface area contributed by atoms with Crippen LogP contribution in [0.5, 0.6) is 0 Å². The van der Waals surface area contributed by atoms with Crippen LogP contribution in [0, 0.1) is 11.3 Å². The summed E-state index contributed by atoms with van der Waals surface area (Å²) < 4.78 is 10.6. The van der Waals surface area contributed by atoms with Crippen molar-refractivity contribution in [2.24, 2.45) is 11.3 Å². The molecule has 0 saturated carbocycles. The van der Waals surface area contributed by atoms with Crippen LogP contribution in [-0.4, -0.2) is 48.6 Å². The van der Waals surface area contributed by atoms with Crippen molar-refractivity contribution in [1.82, 2.24) is 0 Å². The third-order valence-electron chi connectivity index (χ3n) is 15.3.